The minimum atomic E-state index is -0.246. The Morgan fingerprint density at radius 1 is 1.32 bits per heavy atom. The first kappa shape index (κ1) is 12.9. The Hall–Kier alpha value is -2.56. The zero-order valence-corrected chi connectivity index (χ0v) is 10.7. The van der Waals surface area contributed by atoms with Crippen molar-refractivity contribution in [3.8, 4) is 11.6 Å². The van der Waals surface area contributed by atoms with Crippen LogP contribution in [0.5, 0.6) is 11.6 Å². The van der Waals surface area contributed by atoms with Crippen LogP contribution in [0.1, 0.15) is 15.9 Å². The van der Waals surface area contributed by atoms with E-state index in [0.29, 0.717) is 22.7 Å². The van der Waals surface area contributed by atoms with Crippen LogP contribution in [0.3, 0.4) is 0 Å². The van der Waals surface area contributed by atoms with Gasteiger partial charge < -0.3 is 15.2 Å². The number of phenolic OH excluding ortho intramolecular Hbond substituents is 1. The van der Waals surface area contributed by atoms with E-state index in [0.717, 1.165) is 0 Å². The van der Waals surface area contributed by atoms with Crippen LogP contribution in [-0.2, 0) is 0 Å². The molecule has 2 rings (SSSR count). The summed E-state index contributed by atoms with van der Waals surface area (Å²) in [6.45, 7) is 1.76. The second kappa shape index (κ2) is 5.39. The molecular weight excluding hydrogens is 244 g/mol. The number of nitrogens with zero attached hydrogens (tertiary/aromatic N) is 1. The van der Waals surface area contributed by atoms with Crippen molar-refractivity contribution in [1.29, 1.82) is 0 Å². The van der Waals surface area contributed by atoms with Gasteiger partial charge in [0.25, 0.3) is 5.91 Å². The largest absolute Gasteiger partial charge is 0.508 e. The molecule has 0 bridgehead atoms. The third-order valence-corrected chi connectivity index (χ3v) is 2.66. The van der Waals surface area contributed by atoms with Crippen molar-refractivity contribution in [3.63, 3.8) is 0 Å². The number of aryl methyl sites for hydroxylation is 1. The number of rotatable bonds is 3. The van der Waals surface area contributed by atoms with E-state index in [1.807, 2.05) is 0 Å². The lowest BCUT2D eigenvalue weighted by molar-refractivity contribution is 0.102. The van der Waals surface area contributed by atoms with Crippen molar-refractivity contribution >= 4 is 11.6 Å². The third kappa shape index (κ3) is 3.01. The highest BCUT2D eigenvalue weighted by atomic mass is 16.5. The first-order valence-corrected chi connectivity index (χ1v) is 5.71. The van der Waals surface area contributed by atoms with Crippen LogP contribution in [0.2, 0.25) is 0 Å². The molecule has 2 aromatic rings. The minimum Gasteiger partial charge on any atom is -0.508 e. The third-order valence-electron chi connectivity index (χ3n) is 2.66. The van der Waals surface area contributed by atoms with Crippen LogP contribution < -0.4 is 10.1 Å². The predicted octanol–water partition coefficient (Wildman–Crippen LogP) is 2.36. The van der Waals surface area contributed by atoms with Crippen molar-refractivity contribution in [2.75, 3.05) is 12.4 Å². The smallest absolute Gasteiger partial charge is 0.255 e. The van der Waals surface area contributed by atoms with E-state index < -0.39 is 0 Å². The molecule has 1 heterocycles. The second-order valence-electron chi connectivity index (χ2n) is 4.04. The molecule has 19 heavy (non-hydrogen) atoms. The Kier molecular flexibility index (Phi) is 3.66. The fourth-order valence-corrected chi connectivity index (χ4v) is 1.68. The first-order valence-electron chi connectivity index (χ1n) is 5.71. The quantitative estimate of drug-likeness (QED) is 0.886. The Balaban J connectivity index is 2.15. The molecule has 0 aliphatic carbocycles. The van der Waals surface area contributed by atoms with Crippen LogP contribution in [0.4, 0.5) is 5.69 Å². The molecule has 0 saturated heterocycles. The summed E-state index contributed by atoms with van der Waals surface area (Å²) in [7, 11) is 1.53. The summed E-state index contributed by atoms with van der Waals surface area (Å²) in [6.07, 6.45) is 1.52. The average molecular weight is 258 g/mol. The fraction of sp³-hybridized carbons (Fsp3) is 0.143. The first-order chi connectivity index (χ1) is 9.10. The Labute approximate surface area is 110 Å². The van der Waals surface area contributed by atoms with Crippen molar-refractivity contribution in [2.24, 2.45) is 0 Å². The number of carbonyl (C=O) groups excluding carboxylic acids is 1. The number of ether oxygens (including phenoxy) is 1. The summed E-state index contributed by atoms with van der Waals surface area (Å²) >= 11 is 0. The molecule has 2 N–H and O–H groups in total. The summed E-state index contributed by atoms with van der Waals surface area (Å²) in [6, 6.07) is 7.98. The van der Waals surface area contributed by atoms with Gasteiger partial charge >= 0.3 is 0 Å². The van der Waals surface area contributed by atoms with E-state index in [4.69, 9.17) is 4.74 Å². The lowest BCUT2D eigenvalue weighted by Gasteiger charge is -2.08. The highest BCUT2D eigenvalue weighted by Gasteiger charge is 2.10. The molecule has 1 aromatic carbocycles. The molecular formula is C14H14N2O3. The summed E-state index contributed by atoms with van der Waals surface area (Å²) in [4.78, 5) is 16.1. The fourth-order valence-electron chi connectivity index (χ4n) is 1.68. The molecule has 1 amide bonds. The van der Waals surface area contributed by atoms with Crippen LogP contribution >= 0.6 is 0 Å². The summed E-state index contributed by atoms with van der Waals surface area (Å²) in [5, 5.41) is 12.0. The van der Waals surface area contributed by atoms with Crippen LogP contribution in [-0.4, -0.2) is 23.1 Å². The molecule has 0 atom stereocenters. The van der Waals surface area contributed by atoms with E-state index in [1.54, 1.807) is 31.2 Å². The molecule has 0 unspecified atom stereocenters. The molecule has 5 nitrogen and oxygen atoms in total. The van der Waals surface area contributed by atoms with Crippen molar-refractivity contribution in [3.05, 3.63) is 47.7 Å². The van der Waals surface area contributed by atoms with Gasteiger partial charge in [0.2, 0.25) is 5.88 Å². The van der Waals surface area contributed by atoms with Gasteiger partial charge in [-0.1, -0.05) is 0 Å². The zero-order chi connectivity index (χ0) is 13.8. The number of phenols is 1. The standard InChI is InChI=1S/C14H14N2O3/c1-9-7-11(17)4-5-12(9)14(18)16-10-3-6-13(19-2)15-8-10/h3-8,17H,1-2H3,(H,16,18). The predicted molar refractivity (Wildman–Crippen MR) is 71.6 cm³/mol. The maximum atomic E-state index is 12.0. The molecule has 0 spiro atoms. The second-order valence-corrected chi connectivity index (χ2v) is 4.04. The number of benzene rings is 1. The molecule has 98 valence electrons. The van der Waals surface area contributed by atoms with Crippen LogP contribution in [0, 0.1) is 6.92 Å². The number of hydrogen-bond donors (Lipinski definition) is 2. The molecule has 5 heteroatoms. The van der Waals surface area contributed by atoms with Gasteiger partial charge in [0.05, 0.1) is 19.0 Å². The van der Waals surface area contributed by atoms with Crippen molar-refractivity contribution < 1.29 is 14.6 Å². The number of hydrogen-bond acceptors (Lipinski definition) is 4. The highest BCUT2D eigenvalue weighted by Crippen LogP contribution is 2.18. The van der Waals surface area contributed by atoms with Gasteiger partial charge in [0, 0.05) is 11.6 Å². The van der Waals surface area contributed by atoms with Gasteiger partial charge in [0.15, 0.2) is 0 Å². The number of methoxy groups -OCH3 is 1. The zero-order valence-electron chi connectivity index (χ0n) is 10.7. The van der Waals surface area contributed by atoms with E-state index in [-0.39, 0.29) is 11.7 Å². The van der Waals surface area contributed by atoms with Gasteiger partial charge in [-0.2, -0.15) is 0 Å². The number of anilines is 1. The molecule has 1 aromatic heterocycles. The lowest BCUT2D eigenvalue weighted by Crippen LogP contribution is -2.13. The number of pyridine rings is 1. The number of amides is 1. The minimum absolute atomic E-state index is 0.139. The van der Waals surface area contributed by atoms with Gasteiger partial charge in [-0.25, -0.2) is 4.98 Å². The molecule has 0 aliphatic rings. The Morgan fingerprint density at radius 3 is 2.68 bits per heavy atom. The Morgan fingerprint density at radius 2 is 2.11 bits per heavy atom. The van der Waals surface area contributed by atoms with Crippen molar-refractivity contribution in [1.82, 2.24) is 4.98 Å². The maximum Gasteiger partial charge on any atom is 0.255 e. The number of nitrogens with one attached hydrogen (secondary N) is 1. The van der Waals surface area contributed by atoms with Gasteiger partial charge in [-0.05, 0) is 36.8 Å². The summed E-state index contributed by atoms with van der Waals surface area (Å²) in [5.41, 5.74) is 1.80. The van der Waals surface area contributed by atoms with E-state index >= 15 is 0 Å². The lowest BCUT2D eigenvalue weighted by atomic mass is 10.1. The summed E-state index contributed by atoms with van der Waals surface area (Å²) in [5.74, 6) is 0.378. The monoisotopic (exact) mass is 258 g/mol. The number of aromatic nitrogens is 1. The number of carbonyl (C=O) groups is 1. The average Bonchev–Trinajstić information content (AvgIpc) is 2.39. The van der Waals surface area contributed by atoms with E-state index in [2.05, 4.69) is 10.3 Å². The van der Waals surface area contributed by atoms with E-state index in [1.165, 1.54) is 19.4 Å². The molecule has 0 fully saturated rings. The normalized spacial score (nSPS) is 10.0. The van der Waals surface area contributed by atoms with Crippen molar-refractivity contribution in [2.45, 2.75) is 6.92 Å². The van der Waals surface area contributed by atoms with Crippen LogP contribution in [0.25, 0.3) is 0 Å². The highest BCUT2D eigenvalue weighted by molar-refractivity contribution is 6.05. The SMILES string of the molecule is COc1ccc(NC(=O)c2ccc(O)cc2C)cn1. The molecule has 0 aliphatic heterocycles. The van der Waals surface area contributed by atoms with Gasteiger partial charge in [0.1, 0.15) is 5.75 Å². The van der Waals surface area contributed by atoms with Crippen LogP contribution in [0.15, 0.2) is 36.5 Å². The van der Waals surface area contributed by atoms with Gasteiger partial charge in [-0.3, -0.25) is 4.79 Å². The molecule has 0 radical (unpaired) electrons. The Bertz CT molecular complexity index is 594. The van der Waals surface area contributed by atoms with E-state index in [9.17, 15) is 9.90 Å². The summed E-state index contributed by atoms with van der Waals surface area (Å²) < 4.78 is 4.94. The van der Waals surface area contributed by atoms with Gasteiger partial charge in [-0.15, -0.1) is 0 Å². The maximum absolute atomic E-state index is 12.0. The number of aromatic hydroxyl groups is 1. The topological polar surface area (TPSA) is 71.5 Å². The molecule has 0 saturated carbocycles.